The quantitative estimate of drug-likeness (QED) is 0.705. The van der Waals surface area contributed by atoms with Crippen molar-refractivity contribution >= 4 is 40.6 Å². The van der Waals surface area contributed by atoms with Gasteiger partial charge in [0.25, 0.3) is 0 Å². The molecule has 4 nitrogen and oxygen atoms in total. The number of morpholine rings is 1. The molecule has 3 aromatic rings. The smallest absolute Gasteiger partial charge is 0.155 e. The Balaban J connectivity index is 1.75. The molecule has 1 aromatic heterocycles. The molecular formula is C20H18ClN3O. The number of nitrogens with zero attached hydrogens (tertiary/aromatic N) is 3. The first-order valence-electron chi connectivity index (χ1n) is 8.33. The van der Waals surface area contributed by atoms with Gasteiger partial charge in [0, 0.05) is 18.1 Å². The number of ether oxygens (including phenoxy) is 1. The zero-order valence-electron chi connectivity index (χ0n) is 13.7. The van der Waals surface area contributed by atoms with Crippen LogP contribution in [0, 0.1) is 0 Å². The summed E-state index contributed by atoms with van der Waals surface area (Å²) in [6.07, 6.45) is 4.06. The molecular weight excluding hydrogens is 334 g/mol. The number of hydrogen-bond acceptors (Lipinski definition) is 4. The minimum atomic E-state index is 0.717. The van der Waals surface area contributed by atoms with Crippen molar-refractivity contribution in [1.82, 2.24) is 9.97 Å². The predicted molar refractivity (Wildman–Crippen MR) is 103 cm³/mol. The third-order valence-corrected chi connectivity index (χ3v) is 4.44. The van der Waals surface area contributed by atoms with Gasteiger partial charge in [-0.05, 0) is 35.9 Å². The van der Waals surface area contributed by atoms with Crippen LogP contribution in [-0.4, -0.2) is 36.3 Å². The van der Waals surface area contributed by atoms with Crippen LogP contribution in [0.2, 0.25) is 5.02 Å². The highest BCUT2D eigenvalue weighted by atomic mass is 35.5. The maximum absolute atomic E-state index is 5.96. The molecule has 25 heavy (non-hydrogen) atoms. The van der Waals surface area contributed by atoms with Crippen molar-refractivity contribution in [1.29, 1.82) is 0 Å². The van der Waals surface area contributed by atoms with E-state index in [4.69, 9.17) is 26.3 Å². The van der Waals surface area contributed by atoms with Gasteiger partial charge in [-0.2, -0.15) is 0 Å². The Morgan fingerprint density at radius 3 is 2.28 bits per heavy atom. The predicted octanol–water partition coefficient (Wildman–Crippen LogP) is 4.29. The highest BCUT2D eigenvalue weighted by Crippen LogP contribution is 2.23. The standard InChI is InChI=1S/C20H18ClN3O/c21-16-8-5-15(6-9-16)7-10-19-20(24-11-13-25-14-12-24)23-18-4-2-1-3-17(18)22-19/h1-10H,11-14H2/b10-7-. The van der Waals surface area contributed by atoms with Crippen molar-refractivity contribution in [3.63, 3.8) is 0 Å². The molecule has 1 aliphatic rings. The number of benzene rings is 2. The second-order valence-electron chi connectivity index (χ2n) is 5.91. The number of halogens is 1. The maximum atomic E-state index is 5.96. The Morgan fingerprint density at radius 2 is 1.56 bits per heavy atom. The van der Waals surface area contributed by atoms with Gasteiger partial charge >= 0.3 is 0 Å². The van der Waals surface area contributed by atoms with Gasteiger partial charge in [-0.15, -0.1) is 0 Å². The van der Waals surface area contributed by atoms with E-state index in [9.17, 15) is 0 Å². The minimum absolute atomic E-state index is 0.717. The maximum Gasteiger partial charge on any atom is 0.155 e. The summed E-state index contributed by atoms with van der Waals surface area (Å²) in [6.45, 7) is 3.09. The largest absolute Gasteiger partial charge is 0.378 e. The Bertz CT molecular complexity index is 902. The van der Waals surface area contributed by atoms with Crippen molar-refractivity contribution in [2.45, 2.75) is 0 Å². The van der Waals surface area contributed by atoms with Gasteiger partial charge in [-0.3, -0.25) is 0 Å². The molecule has 0 spiro atoms. The van der Waals surface area contributed by atoms with E-state index in [1.165, 1.54) is 0 Å². The zero-order chi connectivity index (χ0) is 17.1. The third kappa shape index (κ3) is 3.65. The molecule has 0 saturated carbocycles. The number of fused-ring (bicyclic) bond motifs is 1. The van der Waals surface area contributed by atoms with E-state index in [1.807, 2.05) is 60.7 Å². The molecule has 0 aliphatic carbocycles. The number of para-hydroxylation sites is 2. The van der Waals surface area contributed by atoms with Gasteiger partial charge in [0.2, 0.25) is 0 Å². The molecule has 126 valence electrons. The molecule has 1 aliphatic heterocycles. The molecule has 0 atom stereocenters. The molecule has 0 N–H and O–H groups in total. The fraction of sp³-hybridized carbons (Fsp3) is 0.200. The third-order valence-electron chi connectivity index (χ3n) is 4.19. The summed E-state index contributed by atoms with van der Waals surface area (Å²) >= 11 is 5.96. The first kappa shape index (κ1) is 16.1. The van der Waals surface area contributed by atoms with Gasteiger partial charge in [-0.25, -0.2) is 9.97 Å². The monoisotopic (exact) mass is 351 g/mol. The number of hydrogen-bond donors (Lipinski definition) is 0. The highest BCUT2D eigenvalue weighted by molar-refractivity contribution is 6.30. The number of aromatic nitrogens is 2. The summed E-state index contributed by atoms with van der Waals surface area (Å²) in [5.74, 6) is 0.909. The van der Waals surface area contributed by atoms with Gasteiger partial charge in [0.15, 0.2) is 5.82 Å². The van der Waals surface area contributed by atoms with Gasteiger partial charge < -0.3 is 9.64 Å². The SMILES string of the molecule is Clc1ccc(/C=C\c2nc3ccccc3nc2N2CCOCC2)cc1. The van der Waals surface area contributed by atoms with Crippen LogP contribution in [-0.2, 0) is 4.74 Å². The Kier molecular flexibility index (Phi) is 4.63. The van der Waals surface area contributed by atoms with Crippen LogP contribution in [0.5, 0.6) is 0 Å². The topological polar surface area (TPSA) is 38.2 Å². The van der Waals surface area contributed by atoms with Gasteiger partial charge in [0.1, 0.15) is 5.69 Å². The molecule has 0 amide bonds. The molecule has 0 unspecified atom stereocenters. The van der Waals surface area contributed by atoms with E-state index in [0.29, 0.717) is 0 Å². The van der Waals surface area contributed by atoms with Crippen LogP contribution in [0.1, 0.15) is 11.3 Å². The van der Waals surface area contributed by atoms with E-state index in [-0.39, 0.29) is 0 Å². The second kappa shape index (κ2) is 7.21. The average molecular weight is 352 g/mol. The van der Waals surface area contributed by atoms with Crippen molar-refractivity contribution in [3.05, 3.63) is 64.8 Å². The Hall–Kier alpha value is -2.43. The van der Waals surface area contributed by atoms with Gasteiger partial charge in [-0.1, -0.05) is 41.9 Å². The fourth-order valence-corrected chi connectivity index (χ4v) is 3.00. The van der Waals surface area contributed by atoms with Crippen molar-refractivity contribution in [2.24, 2.45) is 0 Å². The lowest BCUT2D eigenvalue weighted by atomic mass is 10.2. The molecule has 0 bridgehead atoms. The molecule has 4 rings (SSSR count). The summed E-state index contributed by atoms with van der Waals surface area (Å²) in [5, 5.41) is 0.733. The number of rotatable bonds is 3. The van der Waals surface area contributed by atoms with Crippen LogP contribution < -0.4 is 4.90 Å². The Morgan fingerprint density at radius 1 is 0.880 bits per heavy atom. The molecule has 5 heteroatoms. The van der Waals surface area contributed by atoms with Crippen LogP contribution in [0.15, 0.2) is 48.5 Å². The highest BCUT2D eigenvalue weighted by Gasteiger charge is 2.17. The zero-order valence-corrected chi connectivity index (χ0v) is 14.5. The summed E-state index contributed by atoms with van der Waals surface area (Å²) in [5.41, 5.74) is 3.76. The van der Waals surface area contributed by atoms with E-state index >= 15 is 0 Å². The van der Waals surface area contributed by atoms with Crippen molar-refractivity contribution in [3.8, 4) is 0 Å². The van der Waals surface area contributed by atoms with Crippen molar-refractivity contribution in [2.75, 3.05) is 31.2 Å². The van der Waals surface area contributed by atoms with Gasteiger partial charge in [0.05, 0.1) is 24.2 Å². The lowest BCUT2D eigenvalue weighted by Crippen LogP contribution is -2.37. The summed E-state index contributed by atoms with van der Waals surface area (Å²) in [6, 6.07) is 15.7. The molecule has 1 saturated heterocycles. The molecule has 1 fully saturated rings. The van der Waals surface area contributed by atoms with Crippen LogP contribution in [0.25, 0.3) is 23.2 Å². The molecule has 2 heterocycles. The first-order chi connectivity index (χ1) is 12.3. The van der Waals surface area contributed by atoms with Crippen LogP contribution in [0.3, 0.4) is 0 Å². The fourth-order valence-electron chi connectivity index (χ4n) is 2.87. The first-order valence-corrected chi connectivity index (χ1v) is 8.70. The van der Waals surface area contributed by atoms with E-state index in [1.54, 1.807) is 0 Å². The summed E-state index contributed by atoms with van der Waals surface area (Å²) < 4.78 is 5.47. The number of anilines is 1. The van der Waals surface area contributed by atoms with Crippen LogP contribution >= 0.6 is 11.6 Å². The van der Waals surface area contributed by atoms with Crippen LogP contribution in [0.4, 0.5) is 5.82 Å². The summed E-state index contributed by atoms with van der Waals surface area (Å²) in [4.78, 5) is 11.9. The lowest BCUT2D eigenvalue weighted by Gasteiger charge is -2.28. The minimum Gasteiger partial charge on any atom is -0.378 e. The van der Waals surface area contributed by atoms with E-state index in [0.717, 1.165) is 59.4 Å². The normalized spacial score (nSPS) is 15.2. The molecule has 2 aromatic carbocycles. The van der Waals surface area contributed by atoms with E-state index in [2.05, 4.69) is 4.90 Å². The van der Waals surface area contributed by atoms with Crippen molar-refractivity contribution < 1.29 is 4.74 Å². The summed E-state index contributed by atoms with van der Waals surface area (Å²) in [7, 11) is 0. The Labute approximate surface area is 151 Å². The lowest BCUT2D eigenvalue weighted by molar-refractivity contribution is 0.122. The second-order valence-corrected chi connectivity index (χ2v) is 6.34. The molecule has 0 radical (unpaired) electrons. The van der Waals surface area contributed by atoms with E-state index < -0.39 is 0 Å². The average Bonchev–Trinajstić information content (AvgIpc) is 2.67.